The predicted molar refractivity (Wildman–Crippen MR) is 150 cm³/mol. The van der Waals surface area contributed by atoms with Crippen LogP contribution in [-0.2, 0) is 6.54 Å². The van der Waals surface area contributed by atoms with Crippen molar-refractivity contribution < 1.29 is 5.11 Å². The van der Waals surface area contributed by atoms with Gasteiger partial charge in [-0.3, -0.25) is 0 Å². The first kappa shape index (κ1) is 25.8. The van der Waals surface area contributed by atoms with E-state index in [4.69, 9.17) is 4.98 Å². The average Bonchev–Trinajstić information content (AvgIpc) is 2.93. The highest BCUT2D eigenvalue weighted by atomic mass is 32.2. The summed E-state index contributed by atoms with van der Waals surface area (Å²) >= 11 is 1.62. The molecule has 2 heterocycles. The van der Waals surface area contributed by atoms with Crippen LogP contribution in [-0.4, -0.2) is 51.0 Å². The molecule has 2 aromatic rings. The molecule has 2 aromatic heterocycles. The molecule has 9 heteroatoms. The number of aromatic nitrogens is 3. The molecule has 7 rings (SSSR count). The van der Waals surface area contributed by atoms with Crippen LogP contribution in [0, 0.1) is 34.5 Å². The van der Waals surface area contributed by atoms with E-state index in [2.05, 4.69) is 38.1 Å². The average molecular weight is 534 g/mol. The molecule has 0 saturated heterocycles. The largest absolute Gasteiger partial charge is 0.393 e. The molecule has 8 nitrogen and oxygen atoms in total. The zero-order chi connectivity index (χ0) is 26.1. The van der Waals surface area contributed by atoms with Crippen molar-refractivity contribution >= 4 is 23.5 Å². The number of thioether (sulfide) groups is 1. The highest BCUT2D eigenvalue weighted by Crippen LogP contribution is 2.60. The number of anilines is 2. The highest BCUT2D eigenvalue weighted by molar-refractivity contribution is 7.98. The van der Waals surface area contributed by atoms with E-state index in [0.717, 1.165) is 60.6 Å². The van der Waals surface area contributed by atoms with Gasteiger partial charge in [-0.25, -0.2) is 9.97 Å². The number of hydrogen-bond acceptors (Lipinski definition) is 9. The van der Waals surface area contributed by atoms with Crippen molar-refractivity contribution in [1.82, 2.24) is 20.3 Å². The van der Waals surface area contributed by atoms with E-state index in [0.29, 0.717) is 36.0 Å². The second kappa shape index (κ2) is 11.0. The summed E-state index contributed by atoms with van der Waals surface area (Å²) in [6.45, 7) is 1.45. The normalized spacial score (nSPS) is 33.6. The maximum absolute atomic E-state index is 9.91. The first-order valence-corrected chi connectivity index (χ1v) is 15.4. The second-order valence-corrected chi connectivity index (χ2v) is 12.9. The van der Waals surface area contributed by atoms with Crippen molar-refractivity contribution in [1.29, 1.82) is 5.26 Å². The molecule has 38 heavy (non-hydrogen) atoms. The molecule has 0 amide bonds. The molecule has 0 aliphatic heterocycles. The second-order valence-electron chi connectivity index (χ2n) is 12.1. The van der Waals surface area contributed by atoms with Crippen molar-refractivity contribution in [3.05, 3.63) is 35.7 Å². The summed E-state index contributed by atoms with van der Waals surface area (Å²) in [7, 11) is 0. The molecule has 202 valence electrons. The minimum Gasteiger partial charge on any atom is -0.393 e. The molecular formula is C29H39N7OS. The fourth-order valence-corrected chi connectivity index (χ4v) is 8.64. The summed E-state index contributed by atoms with van der Waals surface area (Å²) in [5.41, 5.74) is 1.88. The monoisotopic (exact) mass is 533 g/mol. The smallest absolute Gasteiger partial charge is 0.224 e. The van der Waals surface area contributed by atoms with Gasteiger partial charge >= 0.3 is 0 Å². The molecule has 0 spiro atoms. The van der Waals surface area contributed by atoms with Crippen LogP contribution in [0.2, 0.25) is 0 Å². The van der Waals surface area contributed by atoms with E-state index >= 15 is 0 Å². The van der Waals surface area contributed by atoms with Gasteiger partial charge in [0.05, 0.1) is 12.3 Å². The summed E-state index contributed by atoms with van der Waals surface area (Å²) in [6.07, 6.45) is 15.9. The molecule has 4 N–H and O–H groups in total. The summed E-state index contributed by atoms with van der Waals surface area (Å²) in [6, 6.07) is 7.46. The van der Waals surface area contributed by atoms with Crippen molar-refractivity contribution in [2.24, 2.45) is 23.2 Å². The van der Waals surface area contributed by atoms with Gasteiger partial charge in [0.25, 0.3) is 0 Å². The topological polar surface area (TPSA) is 119 Å². The summed E-state index contributed by atoms with van der Waals surface area (Å²) in [5, 5.41) is 31.6. The minimum absolute atomic E-state index is 0.0973. The molecule has 0 radical (unpaired) electrons. The number of nitrogens with one attached hydrogen (secondary N) is 3. The number of nitrogens with zero attached hydrogens (tertiary/aromatic N) is 4. The van der Waals surface area contributed by atoms with E-state index in [-0.39, 0.29) is 11.5 Å². The Bertz CT molecular complexity index is 1160. The first-order valence-electron chi connectivity index (χ1n) is 14.2. The molecule has 4 bridgehead atoms. The van der Waals surface area contributed by atoms with Gasteiger partial charge in [-0.05, 0) is 93.3 Å². The van der Waals surface area contributed by atoms with Gasteiger partial charge in [-0.15, -0.1) is 11.8 Å². The molecule has 5 aliphatic rings. The molecular weight excluding hydrogens is 494 g/mol. The molecule has 1 unspecified atom stereocenters. The van der Waals surface area contributed by atoms with Crippen molar-refractivity contribution in [2.45, 2.75) is 87.5 Å². The van der Waals surface area contributed by atoms with Gasteiger partial charge in [0, 0.05) is 36.9 Å². The van der Waals surface area contributed by atoms with Crippen LogP contribution in [0.25, 0.3) is 0 Å². The highest BCUT2D eigenvalue weighted by Gasteiger charge is 2.55. The lowest BCUT2D eigenvalue weighted by Gasteiger charge is -2.61. The summed E-state index contributed by atoms with van der Waals surface area (Å²) in [5.74, 6) is 3.45. The van der Waals surface area contributed by atoms with Crippen LogP contribution in [0.4, 0.5) is 11.8 Å². The Morgan fingerprint density at radius 1 is 1.11 bits per heavy atom. The zero-order valence-corrected chi connectivity index (χ0v) is 23.0. The Morgan fingerprint density at radius 2 is 1.89 bits per heavy atom. The maximum Gasteiger partial charge on any atom is 0.224 e. The molecule has 5 saturated carbocycles. The third kappa shape index (κ3) is 5.36. The van der Waals surface area contributed by atoms with Gasteiger partial charge in [0.15, 0.2) is 0 Å². The van der Waals surface area contributed by atoms with Crippen LogP contribution in [0.15, 0.2) is 29.6 Å². The van der Waals surface area contributed by atoms with Crippen LogP contribution < -0.4 is 16.0 Å². The Labute approximate surface area is 229 Å². The Morgan fingerprint density at radius 3 is 2.63 bits per heavy atom. The Hall–Kier alpha value is -2.41. The van der Waals surface area contributed by atoms with Gasteiger partial charge in [0.1, 0.15) is 22.5 Å². The molecule has 5 fully saturated rings. The number of aliphatic hydroxyl groups excluding tert-OH is 1. The Balaban J connectivity index is 1.10. The lowest BCUT2D eigenvalue weighted by Crippen LogP contribution is -2.61. The molecule has 5 atom stereocenters. The summed E-state index contributed by atoms with van der Waals surface area (Å²) in [4.78, 5) is 13.5. The van der Waals surface area contributed by atoms with Crippen molar-refractivity contribution in [2.75, 3.05) is 23.4 Å². The van der Waals surface area contributed by atoms with E-state index < -0.39 is 0 Å². The van der Waals surface area contributed by atoms with Gasteiger partial charge < -0.3 is 21.1 Å². The van der Waals surface area contributed by atoms with Crippen LogP contribution in [0.3, 0.4) is 0 Å². The first-order chi connectivity index (χ1) is 18.5. The Kier molecular flexibility index (Phi) is 7.48. The standard InChI is InChI=1S/C29H39N7OS/c1-38-27-19(3-2-8-31-27)15-32-28-33-16-22(14-30)26(36-28)34-17-29-11-18-9-20(12-29)25(21(10-18)13-29)35-23-4-6-24(37)7-5-23/h2-3,8,16,18,20-21,23-25,35,37H,4-7,9-13,15,17H2,1H3,(H2,32,33,34,36)/t18?,20-,21+,23?,24?,25-,29-. The summed E-state index contributed by atoms with van der Waals surface area (Å²) < 4.78 is 0. The number of nitriles is 1. The van der Waals surface area contributed by atoms with Crippen LogP contribution in [0.5, 0.6) is 0 Å². The minimum atomic E-state index is -0.0973. The lowest BCUT2D eigenvalue weighted by atomic mass is 9.47. The van der Waals surface area contributed by atoms with Gasteiger partial charge in [-0.1, -0.05) is 6.07 Å². The third-order valence-electron chi connectivity index (χ3n) is 9.55. The fraction of sp³-hybridized carbons (Fsp3) is 0.655. The lowest BCUT2D eigenvalue weighted by molar-refractivity contribution is -0.0737. The van der Waals surface area contributed by atoms with E-state index in [1.54, 1.807) is 24.2 Å². The van der Waals surface area contributed by atoms with Gasteiger partial charge in [0.2, 0.25) is 5.95 Å². The number of aliphatic hydroxyl groups is 1. The molecule has 0 aromatic carbocycles. The quantitative estimate of drug-likeness (QED) is 0.344. The third-order valence-corrected chi connectivity index (χ3v) is 10.3. The van der Waals surface area contributed by atoms with Crippen LogP contribution >= 0.6 is 11.8 Å². The zero-order valence-electron chi connectivity index (χ0n) is 22.2. The molecule has 5 aliphatic carbocycles. The van der Waals surface area contributed by atoms with Crippen molar-refractivity contribution in [3.63, 3.8) is 0 Å². The number of rotatable bonds is 9. The van der Waals surface area contributed by atoms with Crippen LogP contribution in [0.1, 0.15) is 68.9 Å². The van der Waals surface area contributed by atoms with Crippen molar-refractivity contribution in [3.8, 4) is 6.07 Å². The van der Waals surface area contributed by atoms with E-state index in [1.807, 2.05) is 12.3 Å². The van der Waals surface area contributed by atoms with E-state index in [9.17, 15) is 10.4 Å². The number of hydrogen-bond donors (Lipinski definition) is 4. The fourth-order valence-electron chi connectivity index (χ4n) is 8.07. The van der Waals surface area contributed by atoms with Gasteiger partial charge in [-0.2, -0.15) is 10.2 Å². The number of pyridine rings is 1. The predicted octanol–water partition coefficient (Wildman–Crippen LogP) is 4.58. The maximum atomic E-state index is 9.91. The van der Waals surface area contributed by atoms with E-state index in [1.165, 1.54) is 32.1 Å². The SMILES string of the molecule is CSc1ncccc1CNc1ncc(C#N)c(NC[C@]23CC4C[C@H](C2)[C@@H](NC2CCC(O)CC2)[C@@H](C4)C3)n1.